The fourth-order valence-electron chi connectivity index (χ4n) is 5.42. The highest BCUT2D eigenvalue weighted by Gasteiger charge is 2.31. The van der Waals surface area contributed by atoms with E-state index in [0.29, 0.717) is 47.3 Å². The summed E-state index contributed by atoms with van der Waals surface area (Å²) in [5.74, 6) is 1.33. The maximum Gasteiger partial charge on any atom is 0.236 e. The third-order valence-electron chi connectivity index (χ3n) is 7.85. The standard InChI is InChI=1S/C29H32FN9O2S/c1-4-22-28(35(3)29-33-26(23(14-31)42-29)19-5-7-20(30)8-6-19)39-27(32-22)18(2)13-24(34-39)37-11-9-36(10-12-37)17-25(41)38-15-21(40)16-38/h5-8,13,21,40H,4,9-12,15-17H2,1-3H3. The number of carbonyl (C=O) groups excluding carboxylic acids is 1. The zero-order valence-corrected chi connectivity index (χ0v) is 24.6. The van der Waals surface area contributed by atoms with Crippen molar-refractivity contribution in [2.45, 2.75) is 26.4 Å². The number of aromatic nitrogens is 4. The predicted molar refractivity (Wildman–Crippen MR) is 159 cm³/mol. The number of likely N-dealkylation sites (tertiary alicyclic amines) is 1. The van der Waals surface area contributed by atoms with Gasteiger partial charge in [-0.3, -0.25) is 9.69 Å². The second kappa shape index (κ2) is 11.3. The highest BCUT2D eigenvalue weighted by molar-refractivity contribution is 7.16. The number of aliphatic hydroxyl groups excluding tert-OH is 1. The number of halogens is 1. The Labute approximate surface area is 247 Å². The van der Waals surface area contributed by atoms with Crippen LogP contribution in [0.4, 0.5) is 21.2 Å². The molecule has 42 heavy (non-hydrogen) atoms. The number of rotatable bonds is 7. The van der Waals surface area contributed by atoms with Crippen molar-refractivity contribution in [3.8, 4) is 17.3 Å². The second-order valence-corrected chi connectivity index (χ2v) is 11.7. The molecule has 218 valence electrons. The summed E-state index contributed by atoms with van der Waals surface area (Å²) in [7, 11) is 1.90. The molecule has 5 heterocycles. The van der Waals surface area contributed by atoms with E-state index in [1.807, 2.05) is 30.3 Å². The molecular formula is C29H32FN9O2S. The first-order valence-corrected chi connectivity index (χ1v) is 14.8. The second-order valence-electron chi connectivity index (χ2n) is 10.7. The Morgan fingerprint density at radius 3 is 2.55 bits per heavy atom. The van der Waals surface area contributed by atoms with Gasteiger partial charge in [0.05, 0.1) is 18.3 Å². The largest absolute Gasteiger partial charge is 0.389 e. The lowest BCUT2D eigenvalue weighted by Crippen LogP contribution is -2.57. The van der Waals surface area contributed by atoms with Crippen molar-refractivity contribution in [2.24, 2.45) is 0 Å². The number of fused-ring (bicyclic) bond motifs is 1. The number of amides is 1. The van der Waals surface area contributed by atoms with Crippen molar-refractivity contribution in [1.29, 1.82) is 5.26 Å². The van der Waals surface area contributed by atoms with E-state index < -0.39 is 6.10 Å². The summed E-state index contributed by atoms with van der Waals surface area (Å²) in [6.45, 7) is 8.22. The van der Waals surface area contributed by atoms with E-state index in [1.54, 1.807) is 17.0 Å². The van der Waals surface area contributed by atoms with Crippen LogP contribution in [0.2, 0.25) is 0 Å². The maximum atomic E-state index is 13.5. The van der Waals surface area contributed by atoms with Gasteiger partial charge >= 0.3 is 0 Å². The zero-order valence-electron chi connectivity index (χ0n) is 23.8. The lowest BCUT2D eigenvalue weighted by Gasteiger charge is -2.39. The number of nitriles is 1. The van der Waals surface area contributed by atoms with Crippen molar-refractivity contribution in [2.75, 3.05) is 62.7 Å². The van der Waals surface area contributed by atoms with Crippen LogP contribution >= 0.6 is 11.3 Å². The van der Waals surface area contributed by atoms with Gasteiger partial charge in [-0.2, -0.15) is 9.78 Å². The van der Waals surface area contributed by atoms with Crippen LogP contribution in [0.25, 0.3) is 16.9 Å². The van der Waals surface area contributed by atoms with Gasteiger partial charge in [-0.25, -0.2) is 14.4 Å². The van der Waals surface area contributed by atoms with E-state index in [0.717, 1.165) is 54.7 Å². The summed E-state index contributed by atoms with van der Waals surface area (Å²) >= 11 is 1.27. The number of carbonyl (C=O) groups is 1. The lowest BCUT2D eigenvalue weighted by molar-refractivity contribution is -0.142. The minimum Gasteiger partial charge on any atom is -0.389 e. The Morgan fingerprint density at radius 1 is 1.19 bits per heavy atom. The van der Waals surface area contributed by atoms with Crippen LogP contribution in [0.3, 0.4) is 0 Å². The van der Waals surface area contributed by atoms with Gasteiger partial charge in [0.25, 0.3) is 0 Å². The molecule has 0 atom stereocenters. The van der Waals surface area contributed by atoms with Crippen molar-refractivity contribution in [3.05, 3.63) is 52.3 Å². The van der Waals surface area contributed by atoms with Crippen molar-refractivity contribution < 1.29 is 14.3 Å². The molecule has 0 saturated carbocycles. The van der Waals surface area contributed by atoms with E-state index in [-0.39, 0.29) is 11.7 Å². The Balaban J connectivity index is 1.27. The molecule has 11 nitrogen and oxygen atoms in total. The summed E-state index contributed by atoms with van der Waals surface area (Å²) in [4.78, 5) is 30.6. The van der Waals surface area contributed by atoms with Gasteiger partial charge in [0.15, 0.2) is 16.6 Å². The third-order valence-corrected chi connectivity index (χ3v) is 8.88. The molecule has 0 aliphatic carbocycles. The predicted octanol–water partition coefficient (Wildman–Crippen LogP) is 2.83. The van der Waals surface area contributed by atoms with Gasteiger partial charge in [-0.15, -0.1) is 5.10 Å². The van der Waals surface area contributed by atoms with E-state index in [1.165, 1.54) is 23.5 Å². The number of imidazole rings is 1. The van der Waals surface area contributed by atoms with E-state index >= 15 is 0 Å². The number of aliphatic hydroxyl groups is 1. The SMILES string of the molecule is CCc1nc2c(C)cc(N3CCN(CC(=O)N4CC(O)C4)CC3)nn2c1N(C)c1nc(-c2ccc(F)cc2)c(C#N)s1. The molecule has 1 N–H and O–H groups in total. The number of anilines is 3. The first-order chi connectivity index (χ1) is 20.2. The Kier molecular flexibility index (Phi) is 7.53. The number of nitrogens with zero attached hydrogens (tertiary/aromatic N) is 9. The quantitative estimate of drug-likeness (QED) is 0.347. The van der Waals surface area contributed by atoms with Gasteiger partial charge in [0.1, 0.15) is 28.3 Å². The summed E-state index contributed by atoms with van der Waals surface area (Å²) in [6, 6.07) is 10.3. The van der Waals surface area contributed by atoms with E-state index in [9.17, 15) is 19.6 Å². The Hall–Kier alpha value is -4.12. The molecule has 0 radical (unpaired) electrons. The molecule has 2 saturated heterocycles. The molecule has 3 aromatic heterocycles. The van der Waals surface area contributed by atoms with E-state index in [2.05, 4.69) is 21.9 Å². The molecule has 13 heteroatoms. The fraction of sp³-hybridized carbons (Fsp3) is 0.414. The van der Waals surface area contributed by atoms with Crippen LogP contribution in [0, 0.1) is 24.1 Å². The highest BCUT2D eigenvalue weighted by Crippen LogP contribution is 2.37. The number of benzene rings is 1. The van der Waals surface area contributed by atoms with Gasteiger partial charge in [-0.05, 0) is 49.2 Å². The molecule has 2 aliphatic rings. The monoisotopic (exact) mass is 589 g/mol. The number of thiazole rings is 1. The molecule has 2 fully saturated rings. The molecule has 2 aliphatic heterocycles. The summed E-state index contributed by atoms with van der Waals surface area (Å²) < 4.78 is 15.4. The van der Waals surface area contributed by atoms with Crippen LogP contribution in [0.5, 0.6) is 0 Å². The molecule has 0 bridgehead atoms. The number of β-amino-alcohol motifs (C(OH)–C–C–N with tert-alkyl or cyclic N) is 1. The average molecular weight is 590 g/mol. The molecule has 0 unspecified atom stereocenters. The normalized spacial score (nSPS) is 16.1. The smallest absolute Gasteiger partial charge is 0.236 e. The molecule has 1 amide bonds. The zero-order chi connectivity index (χ0) is 29.5. The number of hydrogen-bond donors (Lipinski definition) is 1. The van der Waals surface area contributed by atoms with Crippen LogP contribution in [0.15, 0.2) is 30.3 Å². The van der Waals surface area contributed by atoms with Crippen LogP contribution in [-0.2, 0) is 11.2 Å². The third kappa shape index (κ3) is 5.17. The first kappa shape index (κ1) is 28.0. The first-order valence-electron chi connectivity index (χ1n) is 14.0. The molecule has 4 aromatic rings. The van der Waals surface area contributed by atoms with Gasteiger partial charge < -0.3 is 19.8 Å². The molecule has 6 rings (SSSR count). The van der Waals surface area contributed by atoms with Crippen molar-refractivity contribution >= 4 is 39.7 Å². The Bertz CT molecular complexity index is 1670. The summed E-state index contributed by atoms with van der Waals surface area (Å²) in [6.07, 6.45) is 0.288. The molecule has 0 spiro atoms. The molecular weight excluding hydrogens is 557 g/mol. The summed E-state index contributed by atoms with van der Waals surface area (Å²) in [5.41, 5.74) is 3.81. The average Bonchev–Trinajstić information content (AvgIpc) is 3.58. The van der Waals surface area contributed by atoms with Crippen molar-refractivity contribution in [3.63, 3.8) is 0 Å². The fourth-order valence-corrected chi connectivity index (χ4v) is 6.27. The van der Waals surface area contributed by atoms with Crippen LogP contribution in [-0.4, -0.2) is 99.4 Å². The number of aryl methyl sites for hydroxylation is 2. The topological polar surface area (TPSA) is 117 Å². The number of piperazine rings is 1. The Morgan fingerprint density at radius 2 is 1.90 bits per heavy atom. The van der Waals surface area contributed by atoms with Gasteiger partial charge in [-0.1, -0.05) is 18.3 Å². The lowest BCUT2D eigenvalue weighted by atomic mass is 10.1. The van der Waals surface area contributed by atoms with Crippen LogP contribution < -0.4 is 9.80 Å². The molecule has 1 aromatic carbocycles. The maximum absolute atomic E-state index is 13.5. The number of hydrogen-bond acceptors (Lipinski definition) is 10. The minimum absolute atomic E-state index is 0.0617. The van der Waals surface area contributed by atoms with E-state index in [4.69, 9.17) is 15.1 Å². The highest BCUT2D eigenvalue weighted by atomic mass is 32.1. The van der Waals surface area contributed by atoms with Crippen LogP contribution in [0.1, 0.15) is 23.1 Å². The summed E-state index contributed by atoms with van der Waals surface area (Å²) in [5, 5.41) is 25.0. The van der Waals surface area contributed by atoms with Crippen molar-refractivity contribution in [1.82, 2.24) is 29.4 Å². The van der Waals surface area contributed by atoms with Gasteiger partial charge in [0, 0.05) is 51.9 Å². The minimum atomic E-state index is -0.392. The van der Waals surface area contributed by atoms with Gasteiger partial charge in [0.2, 0.25) is 5.91 Å².